The number of para-hydroxylation sites is 2. The van der Waals surface area contributed by atoms with Gasteiger partial charge in [0.05, 0.1) is 29.8 Å². The molecule has 0 bridgehead atoms. The van der Waals surface area contributed by atoms with E-state index in [0.29, 0.717) is 36.3 Å². The van der Waals surface area contributed by atoms with Crippen LogP contribution in [-0.2, 0) is 13.0 Å². The van der Waals surface area contributed by atoms with E-state index in [0.717, 1.165) is 22.6 Å². The minimum absolute atomic E-state index is 0.116. The largest absolute Gasteiger partial charge is 0.332 e. The van der Waals surface area contributed by atoms with E-state index in [1.807, 2.05) is 73.9 Å². The summed E-state index contributed by atoms with van der Waals surface area (Å²) in [4.78, 5) is 32.6. The third-order valence-corrected chi connectivity index (χ3v) is 5.92. The first-order chi connectivity index (χ1) is 16.1. The van der Waals surface area contributed by atoms with E-state index in [2.05, 4.69) is 14.9 Å². The van der Waals surface area contributed by atoms with Crippen molar-refractivity contribution >= 4 is 17.5 Å². The lowest BCUT2D eigenvalue weighted by Gasteiger charge is -2.28. The van der Waals surface area contributed by atoms with Gasteiger partial charge in [-0.25, -0.2) is 4.98 Å². The number of nitrogens with one attached hydrogen (secondary N) is 1. The molecule has 0 unspecified atom stereocenters. The molecule has 6 heteroatoms. The third-order valence-electron chi connectivity index (χ3n) is 5.92. The Morgan fingerprint density at radius 2 is 1.73 bits per heavy atom. The lowest BCUT2D eigenvalue weighted by Crippen LogP contribution is -2.37. The Labute approximate surface area is 192 Å². The molecule has 5 rings (SSSR count). The summed E-state index contributed by atoms with van der Waals surface area (Å²) >= 11 is 0. The van der Waals surface area contributed by atoms with Crippen molar-refractivity contribution in [2.75, 3.05) is 11.9 Å². The Hall–Kier alpha value is -4.19. The maximum atomic E-state index is 13.4. The molecule has 1 aliphatic heterocycles. The molecule has 0 aliphatic carbocycles. The summed E-state index contributed by atoms with van der Waals surface area (Å²) in [7, 11) is 0. The van der Waals surface area contributed by atoms with Gasteiger partial charge in [0.15, 0.2) is 0 Å². The maximum absolute atomic E-state index is 13.4. The molecule has 0 fully saturated rings. The summed E-state index contributed by atoms with van der Waals surface area (Å²) in [6.45, 7) is 2.97. The Balaban J connectivity index is 1.36. The molecule has 6 nitrogen and oxygen atoms in total. The smallest absolute Gasteiger partial charge is 0.256 e. The molecule has 1 N–H and O–H groups in total. The van der Waals surface area contributed by atoms with E-state index in [-0.39, 0.29) is 11.8 Å². The highest BCUT2D eigenvalue weighted by atomic mass is 16.2. The number of rotatable bonds is 4. The van der Waals surface area contributed by atoms with Crippen LogP contribution in [0.2, 0.25) is 0 Å². The average molecular weight is 437 g/mol. The Kier molecular flexibility index (Phi) is 5.48. The van der Waals surface area contributed by atoms with Gasteiger partial charge < -0.3 is 14.8 Å². The third kappa shape index (κ3) is 4.15. The number of hydrogen-bond acceptors (Lipinski definition) is 3. The standard InChI is InChI=1S/C27H24N4O2/c1-19-8-7-9-20(16-19)26(32)29-23-13-6-5-12-22(23)27(33)30-15-14-25-24(17-30)28-18-31(25)21-10-3-2-4-11-21/h2-13,16,18H,14-15,17H2,1H3,(H,29,32). The quantitative estimate of drug-likeness (QED) is 0.507. The van der Waals surface area contributed by atoms with Crippen LogP contribution in [0.25, 0.3) is 5.69 Å². The zero-order valence-electron chi connectivity index (χ0n) is 18.4. The normalized spacial score (nSPS) is 12.8. The lowest BCUT2D eigenvalue weighted by molar-refractivity contribution is 0.0732. The summed E-state index contributed by atoms with van der Waals surface area (Å²) in [6, 6.07) is 24.6. The zero-order valence-corrected chi connectivity index (χ0v) is 18.4. The minimum atomic E-state index is -0.235. The van der Waals surface area contributed by atoms with Crippen molar-refractivity contribution in [2.45, 2.75) is 19.9 Å². The molecule has 164 valence electrons. The number of amides is 2. The van der Waals surface area contributed by atoms with Gasteiger partial charge in [0.1, 0.15) is 0 Å². The molecular formula is C27H24N4O2. The molecule has 2 heterocycles. The molecule has 0 saturated heterocycles. The summed E-state index contributed by atoms with van der Waals surface area (Å²) < 4.78 is 2.09. The van der Waals surface area contributed by atoms with Gasteiger partial charge in [0, 0.05) is 29.9 Å². The van der Waals surface area contributed by atoms with Crippen molar-refractivity contribution < 1.29 is 9.59 Å². The van der Waals surface area contributed by atoms with Gasteiger partial charge in [-0.1, -0.05) is 48.0 Å². The van der Waals surface area contributed by atoms with Crippen LogP contribution >= 0.6 is 0 Å². The van der Waals surface area contributed by atoms with Crippen molar-refractivity contribution in [1.29, 1.82) is 0 Å². The molecule has 33 heavy (non-hydrogen) atoms. The van der Waals surface area contributed by atoms with Gasteiger partial charge in [-0.3, -0.25) is 9.59 Å². The summed E-state index contributed by atoms with van der Waals surface area (Å²) in [5, 5.41) is 2.91. The van der Waals surface area contributed by atoms with Crippen molar-refractivity contribution in [2.24, 2.45) is 0 Å². The number of hydrogen-bond donors (Lipinski definition) is 1. The first-order valence-corrected chi connectivity index (χ1v) is 11.0. The van der Waals surface area contributed by atoms with Crippen LogP contribution in [0, 0.1) is 6.92 Å². The number of carbonyl (C=O) groups excluding carboxylic acids is 2. The molecule has 4 aromatic rings. The van der Waals surface area contributed by atoms with Crippen molar-refractivity contribution in [3.05, 3.63) is 113 Å². The highest BCUT2D eigenvalue weighted by Gasteiger charge is 2.27. The number of nitrogens with zero attached hydrogens (tertiary/aromatic N) is 3. The van der Waals surface area contributed by atoms with Crippen LogP contribution in [0.1, 0.15) is 37.7 Å². The lowest BCUT2D eigenvalue weighted by atomic mass is 10.1. The second-order valence-corrected chi connectivity index (χ2v) is 8.19. The molecule has 0 saturated carbocycles. The number of aromatic nitrogens is 2. The second-order valence-electron chi connectivity index (χ2n) is 8.19. The monoisotopic (exact) mass is 436 g/mol. The fourth-order valence-electron chi connectivity index (χ4n) is 4.22. The molecule has 2 amide bonds. The van der Waals surface area contributed by atoms with Crippen molar-refractivity contribution in [3.63, 3.8) is 0 Å². The fourth-order valence-corrected chi connectivity index (χ4v) is 4.22. The van der Waals surface area contributed by atoms with Crippen LogP contribution in [0.15, 0.2) is 85.2 Å². The SMILES string of the molecule is Cc1cccc(C(=O)Nc2ccccc2C(=O)N2CCc3c(ncn3-c3ccccc3)C2)c1. The van der Waals surface area contributed by atoms with Gasteiger partial charge in [-0.05, 0) is 43.3 Å². The number of benzene rings is 3. The highest BCUT2D eigenvalue weighted by molar-refractivity contribution is 6.09. The van der Waals surface area contributed by atoms with Crippen LogP contribution in [-0.4, -0.2) is 32.8 Å². The van der Waals surface area contributed by atoms with E-state index in [1.165, 1.54) is 0 Å². The molecular weight excluding hydrogens is 412 g/mol. The van der Waals surface area contributed by atoms with Crippen molar-refractivity contribution in [3.8, 4) is 5.69 Å². The predicted octanol–water partition coefficient (Wildman–Crippen LogP) is 4.63. The summed E-state index contributed by atoms with van der Waals surface area (Å²) in [6.07, 6.45) is 2.54. The average Bonchev–Trinajstić information content (AvgIpc) is 3.28. The summed E-state index contributed by atoms with van der Waals surface area (Å²) in [5.74, 6) is -0.350. The first kappa shape index (κ1) is 20.7. The number of fused-ring (bicyclic) bond motifs is 1. The Bertz CT molecular complexity index is 1330. The van der Waals surface area contributed by atoms with Gasteiger partial charge in [0.25, 0.3) is 11.8 Å². The Morgan fingerprint density at radius 1 is 0.939 bits per heavy atom. The zero-order chi connectivity index (χ0) is 22.8. The molecule has 0 radical (unpaired) electrons. The van der Waals surface area contributed by atoms with E-state index in [9.17, 15) is 9.59 Å². The number of aryl methyl sites for hydroxylation is 1. The van der Waals surface area contributed by atoms with Gasteiger partial charge >= 0.3 is 0 Å². The molecule has 1 aliphatic rings. The predicted molar refractivity (Wildman–Crippen MR) is 128 cm³/mol. The van der Waals surface area contributed by atoms with E-state index in [4.69, 9.17) is 0 Å². The second kappa shape index (κ2) is 8.74. The number of anilines is 1. The minimum Gasteiger partial charge on any atom is -0.332 e. The van der Waals surface area contributed by atoms with Gasteiger partial charge in [-0.2, -0.15) is 0 Å². The van der Waals surface area contributed by atoms with E-state index < -0.39 is 0 Å². The van der Waals surface area contributed by atoms with Crippen LogP contribution in [0.4, 0.5) is 5.69 Å². The van der Waals surface area contributed by atoms with Crippen molar-refractivity contribution in [1.82, 2.24) is 14.5 Å². The first-order valence-electron chi connectivity index (χ1n) is 11.0. The van der Waals surface area contributed by atoms with Crippen LogP contribution in [0.5, 0.6) is 0 Å². The van der Waals surface area contributed by atoms with Gasteiger partial charge in [0.2, 0.25) is 0 Å². The fraction of sp³-hybridized carbons (Fsp3) is 0.148. The molecule has 1 aromatic heterocycles. The topological polar surface area (TPSA) is 67.2 Å². The van der Waals surface area contributed by atoms with Crippen LogP contribution < -0.4 is 5.32 Å². The molecule has 0 atom stereocenters. The van der Waals surface area contributed by atoms with E-state index >= 15 is 0 Å². The van der Waals surface area contributed by atoms with Crippen LogP contribution in [0.3, 0.4) is 0 Å². The molecule has 0 spiro atoms. The molecule has 3 aromatic carbocycles. The number of carbonyl (C=O) groups is 2. The van der Waals surface area contributed by atoms with Gasteiger partial charge in [-0.15, -0.1) is 0 Å². The Morgan fingerprint density at radius 3 is 2.55 bits per heavy atom. The van der Waals surface area contributed by atoms with E-state index in [1.54, 1.807) is 23.1 Å². The number of imidazole rings is 1. The maximum Gasteiger partial charge on any atom is 0.256 e. The summed E-state index contributed by atoms with van der Waals surface area (Å²) in [5.41, 5.74) is 5.65. The highest BCUT2D eigenvalue weighted by Crippen LogP contribution is 2.25.